The van der Waals surface area contributed by atoms with Crippen LogP contribution in [0.15, 0.2) is 12.7 Å². The number of hydrogen-bond acceptors (Lipinski definition) is 4. The summed E-state index contributed by atoms with van der Waals surface area (Å²) in [6.45, 7) is 9.34. The van der Waals surface area contributed by atoms with Crippen LogP contribution in [0.25, 0.3) is 0 Å². The summed E-state index contributed by atoms with van der Waals surface area (Å²) in [6, 6.07) is 0. The molecule has 0 bridgehead atoms. The largest absolute Gasteiger partial charge is 0.466 e. The maximum absolute atomic E-state index is 11.7. The highest BCUT2D eigenvalue weighted by Crippen LogP contribution is 2.28. The molecule has 0 saturated heterocycles. The third kappa shape index (κ3) is 4.47. The SMILES string of the molecule is C=CC[C@@](C)(CC(=O)OCC)C(=O)OCC. The van der Waals surface area contributed by atoms with Gasteiger partial charge < -0.3 is 9.47 Å². The fourth-order valence-corrected chi connectivity index (χ4v) is 1.38. The zero-order chi connectivity index (χ0) is 12.6. The third-order valence-corrected chi connectivity index (χ3v) is 2.20. The van der Waals surface area contributed by atoms with Crippen molar-refractivity contribution in [3.05, 3.63) is 12.7 Å². The Labute approximate surface area is 96.6 Å². The lowest BCUT2D eigenvalue weighted by Crippen LogP contribution is -2.32. The van der Waals surface area contributed by atoms with Gasteiger partial charge >= 0.3 is 11.9 Å². The molecule has 0 saturated carbocycles. The van der Waals surface area contributed by atoms with Crippen molar-refractivity contribution in [2.24, 2.45) is 5.41 Å². The Morgan fingerprint density at radius 1 is 1.25 bits per heavy atom. The molecule has 0 heterocycles. The fourth-order valence-electron chi connectivity index (χ4n) is 1.38. The lowest BCUT2D eigenvalue weighted by atomic mass is 9.83. The summed E-state index contributed by atoms with van der Waals surface area (Å²) in [7, 11) is 0. The molecule has 1 atom stereocenters. The van der Waals surface area contributed by atoms with Crippen molar-refractivity contribution >= 4 is 11.9 Å². The molecule has 4 heteroatoms. The van der Waals surface area contributed by atoms with Crippen LogP contribution >= 0.6 is 0 Å². The zero-order valence-corrected chi connectivity index (χ0v) is 10.2. The van der Waals surface area contributed by atoms with Gasteiger partial charge in [-0.25, -0.2) is 0 Å². The van der Waals surface area contributed by atoms with Crippen LogP contribution in [0, 0.1) is 5.41 Å². The molecule has 0 aromatic heterocycles. The van der Waals surface area contributed by atoms with Crippen molar-refractivity contribution in [3.8, 4) is 0 Å². The van der Waals surface area contributed by atoms with Gasteiger partial charge in [0.25, 0.3) is 0 Å². The topological polar surface area (TPSA) is 52.6 Å². The summed E-state index contributed by atoms with van der Waals surface area (Å²) in [6.07, 6.45) is 2.02. The van der Waals surface area contributed by atoms with Crippen molar-refractivity contribution in [1.29, 1.82) is 0 Å². The van der Waals surface area contributed by atoms with E-state index in [-0.39, 0.29) is 18.4 Å². The summed E-state index contributed by atoms with van der Waals surface area (Å²) in [5, 5.41) is 0. The first-order valence-corrected chi connectivity index (χ1v) is 5.44. The highest BCUT2D eigenvalue weighted by Gasteiger charge is 2.36. The number of esters is 2. The molecule has 0 unspecified atom stereocenters. The minimum atomic E-state index is -0.871. The predicted molar refractivity (Wildman–Crippen MR) is 60.8 cm³/mol. The van der Waals surface area contributed by atoms with Crippen molar-refractivity contribution in [1.82, 2.24) is 0 Å². The van der Waals surface area contributed by atoms with Gasteiger partial charge in [0.05, 0.1) is 25.0 Å². The average Bonchev–Trinajstić information content (AvgIpc) is 2.18. The molecule has 0 aliphatic rings. The van der Waals surface area contributed by atoms with E-state index in [4.69, 9.17) is 9.47 Å². The second-order valence-electron chi connectivity index (χ2n) is 3.76. The summed E-state index contributed by atoms with van der Waals surface area (Å²) in [5.41, 5.74) is -0.871. The van der Waals surface area contributed by atoms with Crippen LogP contribution in [0.5, 0.6) is 0 Å². The highest BCUT2D eigenvalue weighted by atomic mass is 16.5. The highest BCUT2D eigenvalue weighted by molar-refractivity contribution is 5.83. The van der Waals surface area contributed by atoms with Gasteiger partial charge in [0.1, 0.15) is 0 Å². The average molecular weight is 228 g/mol. The van der Waals surface area contributed by atoms with Crippen LogP contribution in [0.2, 0.25) is 0 Å². The van der Waals surface area contributed by atoms with E-state index in [0.717, 1.165) is 0 Å². The van der Waals surface area contributed by atoms with E-state index in [2.05, 4.69) is 6.58 Å². The smallest absolute Gasteiger partial charge is 0.312 e. The molecule has 0 aliphatic carbocycles. The molecule has 16 heavy (non-hydrogen) atoms. The van der Waals surface area contributed by atoms with Crippen molar-refractivity contribution < 1.29 is 19.1 Å². The lowest BCUT2D eigenvalue weighted by molar-refractivity contribution is -0.161. The van der Waals surface area contributed by atoms with E-state index in [0.29, 0.717) is 19.6 Å². The molecule has 0 N–H and O–H groups in total. The van der Waals surface area contributed by atoms with Gasteiger partial charge in [0.2, 0.25) is 0 Å². The van der Waals surface area contributed by atoms with E-state index in [9.17, 15) is 9.59 Å². The van der Waals surface area contributed by atoms with E-state index < -0.39 is 5.41 Å². The second-order valence-corrected chi connectivity index (χ2v) is 3.76. The molecule has 0 radical (unpaired) electrons. The molecule has 92 valence electrons. The van der Waals surface area contributed by atoms with Crippen LogP contribution in [-0.4, -0.2) is 25.2 Å². The van der Waals surface area contributed by atoms with Crippen LogP contribution in [-0.2, 0) is 19.1 Å². The Morgan fingerprint density at radius 3 is 2.25 bits per heavy atom. The van der Waals surface area contributed by atoms with Gasteiger partial charge in [0, 0.05) is 0 Å². The van der Waals surface area contributed by atoms with Crippen molar-refractivity contribution in [3.63, 3.8) is 0 Å². The molecule has 0 fully saturated rings. The van der Waals surface area contributed by atoms with Gasteiger partial charge in [0.15, 0.2) is 0 Å². The van der Waals surface area contributed by atoms with E-state index in [1.807, 2.05) is 0 Å². The maximum Gasteiger partial charge on any atom is 0.312 e. The van der Waals surface area contributed by atoms with Gasteiger partial charge in [-0.15, -0.1) is 6.58 Å². The molecular formula is C12H20O4. The predicted octanol–water partition coefficient (Wildman–Crippen LogP) is 2.09. The molecule has 4 nitrogen and oxygen atoms in total. The van der Waals surface area contributed by atoms with Crippen LogP contribution < -0.4 is 0 Å². The minimum absolute atomic E-state index is 0.0195. The Morgan fingerprint density at radius 2 is 1.81 bits per heavy atom. The molecule has 0 amide bonds. The van der Waals surface area contributed by atoms with Gasteiger partial charge in [-0.2, -0.15) is 0 Å². The van der Waals surface area contributed by atoms with Gasteiger partial charge in [-0.05, 0) is 27.2 Å². The number of rotatable bonds is 7. The van der Waals surface area contributed by atoms with Gasteiger partial charge in [-0.1, -0.05) is 6.08 Å². The molecular weight excluding hydrogens is 208 g/mol. The molecule has 0 rings (SSSR count). The quantitative estimate of drug-likeness (QED) is 0.494. The Balaban J connectivity index is 4.60. The summed E-state index contributed by atoms with van der Waals surface area (Å²) in [4.78, 5) is 23.1. The molecule has 0 aromatic carbocycles. The Kier molecular flexibility index (Phi) is 6.46. The third-order valence-electron chi connectivity index (χ3n) is 2.20. The van der Waals surface area contributed by atoms with Crippen molar-refractivity contribution in [2.45, 2.75) is 33.6 Å². The number of allylic oxidation sites excluding steroid dienone is 1. The first kappa shape index (κ1) is 14.7. The molecule has 0 spiro atoms. The summed E-state index contributed by atoms with van der Waals surface area (Å²) < 4.78 is 9.78. The van der Waals surface area contributed by atoms with E-state index in [1.165, 1.54) is 0 Å². The first-order chi connectivity index (χ1) is 7.50. The number of carbonyl (C=O) groups excluding carboxylic acids is 2. The fraction of sp³-hybridized carbons (Fsp3) is 0.667. The summed E-state index contributed by atoms with van der Waals surface area (Å²) >= 11 is 0. The normalized spacial score (nSPS) is 13.7. The van der Waals surface area contributed by atoms with Crippen molar-refractivity contribution in [2.75, 3.05) is 13.2 Å². The lowest BCUT2D eigenvalue weighted by Gasteiger charge is -2.24. The summed E-state index contributed by atoms with van der Waals surface area (Å²) in [5.74, 6) is -0.775. The molecule has 0 aliphatic heterocycles. The second kappa shape index (κ2) is 7.04. The van der Waals surface area contributed by atoms with Crippen LogP contribution in [0.4, 0.5) is 0 Å². The first-order valence-electron chi connectivity index (χ1n) is 5.44. The van der Waals surface area contributed by atoms with E-state index >= 15 is 0 Å². The Hall–Kier alpha value is -1.32. The maximum atomic E-state index is 11.7. The number of carbonyl (C=O) groups is 2. The standard InChI is InChI=1S/C12H20O4/c1-5-8-12(4,11(14)16-7-3)9-10(13)15-6-2/h5H,1,6-9H2,2-4H3/t12-/m0/s1. The van der Waals surface area contributed by atoms with Crippen LogP contribution in [0.3, 0.4) is 0 Å². The van der Waals surface area contributed by atoms with Crippen LogP contribution in [0.1, 0.15) is 33.6 Å². The number of ether oxygens (including phenoxy) is 2. The molecule has 0 aromatic rings. The van der Waals surface area contributed by atoms with Gasteiger partial charge in [-0.3, -0.25) is 9.59 Å². The zero-order valence-electron chi connectivity index (χ0n) is 10.2. The monoisotopic (exact) mass is 228 g/mol. The Bertz CT molecular complexity index is 260. The number of hydrogen-bond donors (Lipinski definition) is 0. The van der Waals surface area contributed by atoms with E-state index in [1.54, 1.807) is 26.8 Å². The minimum Gasteiger partial charge on any atom is -0.466 e.